The zero-order chi connectivity index (χ0) is 23.5. The highest BCUT2D eigenvalue weighted by atomic mass is 16.5. The number of nitrogens with one attached hydrogen (secondary N) is 1. The minimum Gasteiger partial charge on any atom is -0.497 e. The number of methoxy groups -OCH3 is 2. The van der Waals surface area contributed by atoms with E-state index in [2.05, 4.69) is 5.32 Å². The summed E-state index contributed by atoms with van der Waals surface area (Å²) in [6.07, 6.45) is 0.480. The number of amides is 2. The number of carbonyl (C=O) groups is 2. The van der Waals surface area contributed by atoms with E-state index in [1.807, 2.05) is 57.2 Å². The molecule has 1 atom stereocenters. The molecule has 2 amide bonds. The molecule has 2 rings (SSSR count). The Hall–Kier alpha value is -3.22. The van der Waals surface area contributed by atoms with Gasteiger partial charge >= 0.3 is 0 Å². The van der Waals surface area contributed by atoms with Crippen molar-refractivity contribution in [2.24, 2.45) is 5.92 Å². The van der Waals surface area contributed by atoms with Gasteiger partial charge in [0.1, 0.15) is 11.8 Å². The number of rotatable bonds is 12. The first-order valence-electron chi connectivity index (χ1n) is 10.9. The lowest BCUT2D eigenvalue weighted by Gasteiger charge is -2.31. The molecule has 7 nitrogen and oxygen atoms in total. The van der Waals surface area contributed by atoms with Crippen LogP contribution >= 0.6 is 0 Å². The van der Waals surface area contributed by atoms with Crippen LogP contribution in [0.15, 0.2) is 48.5 Å². The second kappa shape index (κ2) is 12.6. The first kappa shape index (κ1) is 25.0. The average Bonchev–Trinajstić information content (AvgIpc) is 2.81. The van der Waals surface area contributed by atoms with Crippen molar-refractivity contribution in [3.8, 4) is 17.2 Å². The molecule has 1 N–H and O–H groups in total. The molecule has 2 aromatic rings. The van der Waals surface area contributed by atoms with Gasteiger partial charge in [0.25, 0.3) is 5.91 Å². The van der Waals surface area contributed by atoms with Crippen LogP contribution in [0.1, 0.15) is 32.8 Å². The van der Waals surface area contributed by atoms with Crippen LogP contribution in [0.3, 0.4) is 0 Å². The van der Waals surface area contributed by atoms with Crippen molar-refractivity contribution in [3.63, 3.8) is 0 Å². The molecule has 2 aromatic carbocycles. The number of ether oxygens (including phenoxy) is 3. The molecule has 0 spiro atoms. The number of hydrogen-bond acceptors (Lipinski definition) is 5. The Morgan fingerprint density at radius 2 is 1.72 bits per heavy atom. The third kappa shape index (κ3) is 7.18. The molecular weight excluding hydrogens is 408 g/mol. The largest absolute Gasteiger partial charge is 0.497 e. The highest BCUT2D eigenvalue weighted by Crippen LogP contribution is 2.26. The van der Waals surface area contributed by atoms with Gasteiger partial charge in [-0.2, -0.15) is 0 Å². The topological polar surface area (TPSA) is 77.1 Å². The van der Waals surface area contributed by atoms with E-state index in [0.717, 1.165) is 5.56 Å². The SMILES string of the molecule is CC[C@H](C(=O)NCC(C)C)N(Cc1cccc(OC)c1)C(=O)COc1ccccc1OC. The molecule has 0 radical (unpaired) electrons. The Morgan fingerprint density at radius 1 is 1.00 bits per heavy atom. The highest BCUT2D eigenvalue weighted by Gasteiger charge is 2.29. The average molecular weight is 443 g/mol. The Balaban J connectivity index is 2.24. The maximum absolute atomic E-state index is 13.3. The van der Waals surface area contributed by atoms with E-state index < -0.39 is 6.04 Å². The lowest BCUT2D eigenvalue weighted by molar-refractivity contribution is -0.143. The predicted octanol–water partition coefficient (Wildman–Crippen LogP) is 3.66. The number of nitrogens with zero attached hydrogens (tertiary/aromatic N) is 1. The predicted molar refractivity (Wildman–Crippen MR) is 124 cm³/mol. The molecule has 0 fully saturated rings. The molecule has 0 aromatic heterocycles. The monoisotopic (exact) mass is 442 g/mol. The van der Waals surface area contributed by atoms with Crippen molar-refractivity contribution in [1.29, 1.82) is 0 Å². The fourth-order valence-corrected chi connectivity index (χ4v) is 3.27. The minimum atomic E-state index is -0.617. The third-order valence-electron chi connectivity index (χ3n) is 4.98. The Morgan fingerprint density at radius 3 is 2.34 bits per heavy atom. The number of para-hydroxylation sites is 2. The summed E-state index contributed by atoms with van der Waals surface area (Å²) < 4.78 is 16.4. The lowest BCUT2D eigenvalue weighted by Crippen LogP contribution is -2.50. The Labute approximate surface area is 190 Å². The van der Waals surface area contributed by atoms with Crippen LogP contribution in [0.5, 0.6) is 17.2 Å². The summed E-state index contributed by atoms with van der Waals surface area (Å²) in [5.41, 5.74) is 0.866. The summed E-state index contributed by atoms with van der Waals surface area (Å²) in [6, 6.07) is 14.0. The maximum Gasteiger partial charge on any atom is 0.261 e. The van der Waals surface area contributed by atoms with Gasteiger partial charge in [0.15, 0.2) is 18.1 Å². The first-order chi connectivity index (χ1) is 15.4. The number of hydrogen-bond donors (Lipinski definition) is 1. The van der Waals surface area contributed by atoms with Crippen LogP contribution in [-0.2, 0) is 16.1 Å². The second-order valence-corrected chi connectivity index (χ2v) is 7.88. The molecule has 0 aliphatic heterocycles. The van der Waals surface area contributed by atoms with Gasteiger partial charge < -0.3 is 24.4 Å². The molecule has 0 unspecified atom stereocenters. The van der Waals surface area contributed by atoms with Crippen molar-refractivity contribution < 1.29 is 23.8 Å². The smallest absolute Gasteiger partial charge is 0.261 e. The van der Waals surface area contributed by atoms with Gasteiger partial charge in [-0.1, -0.05) is 45.0 Å². The first-order valence-corrected chi connectivity index (χ1v) is 10.9. The fraction of sp³-hybridized carbons (Fsp3) is 0.440. The van der Waals surface area contributed by atoms with Gasteiger partial charge in [0.05, 0.1) is 14.2 Å². The molecule has 0 aliphatic carbocycles. The molecule has 0 bridgehead atoms. The van der Waals surface area contributed by atoms with E-state index in [1.54, 1.807) is 31.3 Å². The lowest BCUT2D eigenvalue weighted by atomic mass is 10.1. The summed E-state index contributed by atoms with van der Waals surface area (Å²) in [5, 5.41) is 2.95. The van der Waals surface area contributed by atoms with Gasteiger partial charge in [-0.05, 0) is 42.2 Å². The van der Waals surface area contributed by atoms with Gasteiger partial charge in [-0.3, -0.25) is 9.59 Å². The van der Waals surface area contributed by atoms with Crippen molar-refractivity contribution in [2.75, 3.05) is 27.4 Å². The maximum atomic E-state index is 13.3. The van der Waals surface area contributed by atoms with Gasteiger partial charge in [0, 0.05) is 13.1 Å². The standard InChI is InChI=1S/C25H34N2O5/c1-6-21(25(29)26-15-18(2)3)27(16-19-10-9-11-20(14-19)30-4)24(28)17-32-23-13-8-7-12-22(23)31-5/h7-14,18,21H,6,15-17H2,1-5H3,(H,26,29)/t21-/m1/s1. The number of carbonyl (C=O) groups excluding carboxylic acids is 2. The molecule has 32 heavy (non-hydrogen) atoms. The molecule has 0 saturated heterocycles. The summed E-state index contributed by atoms with van der Waals surface area (Å²) in [7, 11) is 3.14. The summed E-state index contributed by atoms with van der Waals surface area (Å²) in [5.74, 6) is 1.56. The van der Waals surface area contributed by atoms with E-state index in [0.29, 0.717) is 36.1 Å². The molecule has 0 saturated carbocycles. The Bertz CT molecular complexity index is 884. The fourth-order valence-electron chi connectivity index (χ4n) is 3.27. The molecule has 0 heterocycles. The second-order valence-electron chi connectivity index (χ2n) is 7.88. The van der Waals surface area contributed by atoms with Gasteiger partial charge in [-0.25, -0.2) is 0 Å². The summed E-state index contributed by atoms with van der Waals surface area (Å²) >= 11 is 0. The van der Waals surface area contributed by atoms with Crippen LogP contribution in [0, 0.1) is 5.92 Å². The normalized spacial score (nSPS) is 11.6. The highest BCUT2D eigenvalue weighted by molar-refractivity contribution is 5.88. The van der Waals surface area contributed by atoms with Crippen LogP contribution in [0.2, 0.25) is 0 Å². The van der Waals surface area contributed by atoms with Crippen LogP contribution in [-0.4, -0.2) is 50.1 Å². The van der Waals surface area contributed by atoms with Crippen molar-refractivity contribution in [3.05, 3.63) is 54.1 Å². The van der Waals surface area contributed by atoms with Crippen LogP contribution in [0.25, 0.3) is 0 Å². The molecule has 7 heteroatoms. The zero-order valence-corrected chi connectivity index (χ0v) is 19.6. The molecule has 174 valence electrons. The zero-order valence-electron chi connectivity index (χ0n) is 19.6. The molecule has 0 aliphatic rings. The van der Waals surface area contributed by atoms with Gasteiger partial charge in [-0.15, -0.1) is 0 Å². The van der Waals surface area contributed by atoms with Crippen molar-refractivity contribution in [2.45, 2.75) is 39.8 Å². The summed E-state index contributed by atoms with van der Waals surface area (Å²) in [6.45, 7) is 6.56. The van der Waals surface area contributed by atoms with Crippen LogP contribution < -0.4 is 19.5 Å². The summed E-state index contributed by atoms with van der Waals surface area (Å²) in [4.78, 5) is 27.8. The van der Waals surface area contributed by atoms with Crippen LogP contribution in [0.4, 0.5) is 0 Å². The third-order valence-corrected chi connectivity index (χ3v) is 4.98. The van der Waals surface area contributed by atoms with E-state index in [9.17, 15) is 9.59 Å². The Kier molecular flexibility index (Phi) is 9.85. The molecular formula is C25H34N2O5. The van der Waals surface area contributed by atoms with E-state index in [1.165, 1.54) is 0 Å². The number of benzene rings is 2. The van der Waals surface area contributed by atoms with E-state index >= 15 is 0 Å². The van der Waals surface area contributed by atoms with Crippen molar-refractivity contribution in [1.82, 2.24) is 10.2 Å². The van der Waals surface area contributed by atoms with Crippen molar-refractivity contribution >= 4 is 11.8 Å². The van der Waals surface area contributed by atoms with Gasteiger partial charge in [0.2, 0.25) is 5.91 Å². The quantitative estimate of drug-likeness (QED) is 0.543. The van der Waals surface area contributed by atoms with E-state index in [-0.39, 0.29) is 25.0 Å². The van der Waals surface area contributed by atoms with E-state index in [4.69, 9.17) is 14.2 Å². The minimum absolute atomic E-state index is 0.172.